The molecule has 7 rings (SSSR count). The lowest BCUT2D eigenvalue weighted by molar-refractivity contribution is 0.401. The molecule has 1 spiro atoms. The molecule has 0 saturated carbocycles. The number of fused-ring (bicyclic) bond motifs is 9. The van der Waals surface area contributed by atoms with E-state index in [-0.39, 0.29) is 33.8 Å². The van der Waals surface area contributed by atoms with Crippen LogP contribution in [-0.4, -0.2) is 20.4 Å². The van der Waals surface area contributed by atoms with Gasteiger partial charge in [-0.25, -0.2) is 0 Å². The first-order chi connectivity index (χ1) is 20.7. The number of nitrogens with zero attached hydrogens (tertiary/aromatic N) is 1. The van der Waals surface area contributed by atoms with Crippen LogP contribution in [0.1, 0.15) is 74.9 Å². The maximum atomic E-state index is 11.1. The van der Waals surface area contributed by atoms with Crippen LogP contribution in [0.5, 0.6) is 23.0 Å². The van der Waals surface area contributed by atoms with Crippen molar-refractivity contribution in [1.29, 1.82) is 0 Å². The van der Waals surface area contributed by atoms with Crippen molar-refractivity contribution in [1.82, 2.24) is 0 Å². The van der Waals surface area contributed by atoms with Gasteiger partial charge in [-0.3, -0.25) is 0 Å². The van der Waals surface area contributed by atoms with Crippen LogP contribution in [0.4, 0.5) is 17.1 Å². The molecular formula is C39H37NO4. The molecule has 4 N–H and O–H groups in total. The number of para-hydroxylation sites is 1. The van der Waals surface area contributed by atoms with Gasteiger partial charge < -0.3 is 25.3 Å². The third-order valence-electron chi connectivity index (χ3n) is 9.33. The Morgan fingerprint density at radius 2 is 1.00 bits per heavy atom. The quantitative estimate of drug-likeness (QED) is 0.145. The van der Waals surface area contributed by atoms with Gasteiger partial charge in [-0.1, -0.05) is 90.1 Å². The maximum Gasteiger partial charge on any atom is 0.159 e. The number of benzene rings is 5. The molecule has 0 saturated heterocycles. The molecule has 222 valence electrons. The second-order valence-corrected chi connectivity index (χ2v) is 14.2. The molecule has 2 aliphatic rings. The van der Waals surface area contributed by atoms with Gasteiger partial charge in [-0.05, 0) is 91.7 Å². The van der Waals surface area contributed by atoms with Gasteiger partial charge in [0.2, 0.25) is 0 Å². The maximum absolute atomic E-state index is 11.1. The number of phenols is 4. The van der Waals surface area contributed by atoms with Gasteiger partial charge in [-0.15, -0.1) is 0 Å². The highest BCUT2D eigenvalue weighted by Crippen LogP contribution is 2.65. The molecule has 0 bridgehead atoms. The summed E-state index contributed by atoms with van der Waals surface area (Å²) in [4.78, 5) is 2.18. The number of aromatic hydroxyl groups is 4. The van der Waals surface area contributed by atoms with Crippen LogP contribution in [0.15, 0.2) is 91.0 Å². The first kappa shape index (κ1) is 27.9. The average molecular weight is 584 g/mol. The molecule has 1 unspecified atom stereocenters. The monoisotopic (exact) mass is 583 g/mol. The molecule has 5 nitrogen and oxygen atoms in total. The average Bonchev–Trinajstić information content (AvgIpc) is 3.23. The normalized spacial score (nSPS) is 16.8. The van der Waals surface area contributed by atoms with E-state index in [1.165, 1.54) is 11.1 Å². The first-order valence-corrected chi connectivity index (χ1v) is 15.0. The van der Waals surface area contributed by atoms with Gasteiger partial charge in [0.1, 0.15) is 0 Å². The second-order valence-electron chi connectivity index (χ2n) is 14.2. The number of rotatable bonds is 1. The largest absolute Gasteiger partial charge is 0.504 e. The third kappa shape index (κ3) is 3.78. The van der Waals surface area contributed by atoms with Crippen LogP contribution >= 0.6 is 0 Å². The standard InChI is InChI=1S/C39H37NO4/c1-37(2,3)22-15-23(38(4,5)6)17-24(16-22)40-31-14-10-9-13-28(31)39(30-20-35(43)36(44)21-32(30)40)27-12-8-7-11-25(27)26-18-33(41)34(42)19-29(26)39/h7-21,41-44H,1-6H3. The van der Waals surface area contributed by atoms with Crippen molar-refractivity contribution >= 4 is 17.1 Å². The number of hydrogen-bond acceptors (Lipinski definition) is 5. The van der Waals surface area contributed by atoms with E-state index in [1.54, 1.807) is 24.3 Å². The van der Waals surface area contributed by atoms with Crippen LogP contribution in [0.3, 0.4) is 0 Å². The Morgan fingerprint density at radius 1 is 0.477 bits per heavy atom. The molecule has 0 fully saturated rings. The predicted molar refractivity (Wildman–Crippen MR) is 176 cm³/mol. The summed E-state index contributed by atoms with van der Waals surface area (Å²) in [6, 6.07) is 29.6. The summed E-state index contributed by atoms with van der Waals surface area (Å²) in [6.07, 6.45) is 0. The summed E-state index contributed by atoms with van der Waals surface area (Å²) in [5.74, 6) is -0.849. The zero-order valence-corrected chi connectivity index (χ0v) is 25.9. The molecule has 1 heterocycles. The predicted octanol–water partition coefficient (Wildman–Crippen LogP) is 9.25. The van der Waals surface area contributed by atoms with Crippen molar-refractivity contribution in [3.8, 4) is 34.1 Å². The van der Waals surface area contributed by atoms with Crippen molar-refractivity contribution in [2.45, 2.75) is 57.8 Å². The first-order valence-electron chi connectivity index (χ1n) is 15.0. The van der Waals surface area contributed by atoms with Gasteiger partial charge in [0, 0.05) is 11.8 Å². The second kappa shape index (κ2) is 9.06. The van der Waals surface area contributed by atoms with Crippen molar-refractivity contribution in [2.75, 3.05) is 4.90 Å². The highest BCUT2D eigenvalue weighted by molar-refractivity contribution is 5.97. The summed E-state index contributed by atoms with van der Waals surface area (Å²) < 4.78 is 0. The molecule has 1 atom stereocenters. The summed E-state index contributed by atoms with van der Waals surface area (Å²) in [6.45, 7) is 13.3. The zero-order valence-electron chi connectivity index (χ0n) is 25.9. The highest BCUT2D eigenvalue weighted by atomic mass is 16.3. The van der Waals surface area contributed by atoms with Crippen LogP contribution < -0.4 is 4.90 Å². The molecule has 44 heavy (non-hydrogen) atoms. The lowest BCUT2D eigenvalue weighted by Crippen LogP contribution is -2.36. The van der Waals surface area contributed by atoms with Gasteiger partial charge in [0.05, 0.1) is 16.8 Å². The lowest BCUT2D eigenvalue weighted by atomic mass is 9.64. The Labute approximate surface area is 258 Å². The fourth-order valence-corrected chi connectivity index (χ4v) is 7.08. The SMILES string of the molecule is CC(C)(C)c1cc(N2c3ccccc3C3(c4ccccc4-c4cc(O)c(O)cc43)c3cc(O)c(O)cc32)cc(C(C)(C)C)c1. The minimum absolute atomic E-state index is 0.116. The molecule has 1 aliphatic heterocycles. The molecule has 0 amide bonds. The lowest BCUT2D eigenvalue weighted by Gasteiger charge is -2.45. The summed E-state index contributed by atoms with van der Waals surface area (Å²) >= 11 is 0. The Bertz CT molecular complexity index is 1960. The topological polar surface area (TPSA) is 84.2 Å². The Kier molecular flexibility index (Phi) is 5.74. The van der Waals surface area contributed by atoms with Gasteiger partial charge in [0.25, 0.3) is 0 Å². The van der Waals surface area contributed by atoms with E-state index in [2.05, 4.69) is 82.8 Å². The molecule has 0 radical (unpaired) electrons. The van der Waals surface area contributed by atoms with Crippen LogP contribution in [-0.2, 0) is 16.2 Å². The van der Waals surface area contributed by atoms with Crippen molar-refractivity contribution in [3.05, 3.63) is 124 Å². The summed E-state index contributed by atoms with van der Waals surface area (Å²) in [7, 11) is 0. The van der Waals surface area contributed by atoms with E-state index < -0.39 is 5.41 Å². The molecule has 0 aromatic heterocycles. The Balaban J connectivity index is 1.65. The Hall–Kier alpha value is -4.90. The summed E-state index contributed by atoms with van der Waals surface area (Å²) in [5, 5.41) is 43.5. The van der Waals surface area contributed by atoms with E-state index in [0.29, 0.717) is 0 Å². The van der Waals surface area contributed by atoms with Crippen molar-refractivity contribution in [2.24, 2.45) is 0 Å². The van der Waals surface area contributed by atoms with E-state index in [4.69, 9.17) is 0 Å². The van der Waals surface area contributed by atoms with Crippen molar-refractivity contribution < 1.29 is 20.4 Å². The van der Waals surface area contributed by atoms with E-state index in [0.717, 1.165) is 50.4 Å². The fourth-order valence-electron chi connectivity index (χ4n) is 7.08. The van der Waals surface area contributed by atoms with E-state index >= 15 is 0 Å². The van der Waals surface area contributed by atoms with Gasteiger partial charge in [-0.2, -0.15) is 0 Å². The number of phenolic OH excluding ortho intramolecular Hbond substituents is 4. The highest BCUT2D eigenvalue weighted by Gasteiger charge is 2.52. The minimum atomic E-state index is -0.945. The molecule has 5 heteroatoms. The van der Waals surface area contributed by atoms with E-state index in [9.17, 15) is 20.4 Å². The number of hydrogen-bond donors (Lipinski definition) is 4. The third-order valence-corrected chi connectivity index (χ3v) is 9.33. The van der Waals surface area contributed by atoms with Crippen LogP contribution in [0.25, 0.3) is 11.1 Å². The van der Waals surface area contributed by atoms with Crippen LogP contribution in [0, 0.1) is 0 Å². The summed E-state index contributed by atoms with van der Waals surface area (Å²) in [5.41, 5.74) is 9.05. The number of anilines is 3. The minimum Gasteiger partial charge on any atom is -0.504 e. The fraction of sp³-hybridized carbons (Fsp3) is 0.231. The van der Waals surface area contributed by atoms with Gasteiger partial charge in [0.15, 0.2) is 23.0 Å². The Morgan fingerprint density at radius 3 is 1.64 bits per heavy atom. The molecular weight excluding hydrogens is 546 g/mol. The molecule has 5 aromatic carbocycles. The smallest absolute Gasteiger partial charge is 0.159 e. The van der Waals surface area contributed by atoms with Gasteiger partial charge >= 0.3 is 0 Å². The molecule has 5 aromatic rings. The molecule has 1 aliphatic carbocycles. The zero-order chi connectivity index (χ0) is 31.3. The van der Waals surface area contributed by atoms with E-state index in [1.807, 2.05) is 30.3 Å². The van der Waals surface area contributed by atoms with Crippen LogP contribution in [0.2, 0.25) is 0 Å². The van der Waals surface area contributed by atoms with Crippen molar-refractivity contribution in [3.63, 3.8) is 0 Å².